The first-order chi connectivity index (χ1) is 8.28. The van der Waals surface area contributed by atoms with E-state index in [0.717, 1.165) is 42.3 Å². The number of aryl methyl sites for hydroxylation is 2. The number of anilines is 1. The SMILES string of the molecule is CCCc1nc(NCC)c2cc(CC)sc2n1. The van der Waals surface area contributed by atoms with Gasteiger partial charge in [-0.1, -0.05) is 13.8 Å². The third kappa shape index (κ3) is 2.57. The lowest BCUT2D eigenvalue weighted by Crippen LogP contribution is -2.03. The summed E-state index contributed by atoms with van der Waals surface area (Å²) in [7, 11) is 0. The fraction of sp³-hybridized carbons (Fsp3) is 0.538. The van der Waals surface area contributed by atoms with Crippen LogP contribution in [-0.2, 0) is 12.8 Å². The molecule has 0 unspecified atom stereocenters. The zero-order valence-electron chi connectivity index (χ0n) is 10.7. The van der Waals surface area contributed by atoms with Crippen LogP contribution in [0.2, 0.25) is 0 Å². The second kappa shape index (κ2) is 5.45. The summed E-state index contributed by atoms with van der Waals surface area (Å²) < 4.78 is 0. The first kappa shape index (κ1) is 12.3. The Labute approximate surface area is 106 Å². The highest BCUT2D eigenvalue weighted by molar-refractivity contribution is 7.18. The molecular weight excluding hydrogens is 230 g/mol. The van der Waals surface area contributed by atoms with Crippen LogP contribution in [0, 0.1) is 0 Å². The quantitative estimate of drug-likeness (QED) is 0.879. The van der Waals surface area contributed by atoms with Crippen molar-refractivity contribution in [3.05, 3.63) is 16.8 Å². The molecule has 0 fully saturated rings. The molecule has 0 aliphatic rings. The maximum Gasteiger partial charge on any atom is 0.138 e. The van der Waals surface area contributed by atoms with Gasteiger partial charge in [-0.2, -0.15) is 0 Å². The van der Waals surface area contributed by atoms with Crippen LogP contribution >= 0.6 is 11.3 Å². The van der Waals surface area contributed by atoms with Gasteiger partial charge in [-0.25, -0.2) is 9.97 Å². The molecule has 17 heavy (non-hydrogen) atoms. The number of nitrogens with zero attached hydrogens (tertiary/aromatic N) is 2. The highest BCUT2D eigenvalue weighted by Crippen LogP contribution is 2.29. The van der Waals surface area contributed by atoms with E-state index >= 15 is 0 Å². The van der Waals surface area contributed by atoms with Crippen LogP contribution in [0.1, 0.15) is 37.9 Å². The Hall–Kier alpha value is -1.16. The van der Waals surface area contributed by atoms with Gasteiger partial charge in [0.1, 0.15) is 16.5 Å². The van der Waals surface area contributed by atoms with Gasteiger partial charge < -0.3 is 5.32 Å². The Kier molecular flexibility index (Phi) is 3.94. The van der Waals surface area contributed by atoms with E-state index in [-0.39, 0.29) is 0 Å². The molecule has 0 bridgehead atoms. The van der Waals surface area contributed by atoms with Crippen molar-refractivity contribution in [2.24, 2.45) is 0 Å². The first-order valence-corrected chi connectivity index (χ1v) is 7.13. The summed E-state index contributed by atoms with van der Waals surface area (Å²) in [6.07, 6.45) is 3.10. The van der Waals surface area contributed by atoms with Gasteiger partial charge in [0.15, 0.2) is 0 Å². The van der Waals surface area contributed by atoms with Crippen LogP contribution in [0.3, 0.4) is 0 Å². The minimum absolute atomic E-state index is 0.898. The summed E-state index contributed by atoms with van der Waals surface area (Å²) in [5, 5.41) is 4.52. The minimum Gasteiger partial charge on any atom is -0.370 e. The molecule has 92 valence electrons. The van der Waals surface area contributed by atoms with Crippen LogP contribution < -0.4 is 5.32 Å². The van der Waals surface area contributed by atoms with Crippen LogP contribution in [0.25, 0.3) is 10.2 Å². The van der Waals surface area contributed by atoms with E-state index in [0.29, 0.717) is 0 Å². The molecule has 0 saturated heterocycles. The molecule has 1 N–H and O–H groups in total. The highest BCUT2D eigenvalue weighted by Gasteiger charge is 2.10. The monoisotopic (exact) mass is 249 g/mol. The predicted molar refractivity (Wildman–Crippen MR) is 75.0 cm³/mol. The molecule has 0 saturated carbocycles. The smallest absolute Gasteiger partial charge is 0.138 e. The van der Waals surface area contributed by atoms with Crippen molar-refractivity contribution in [3.63, 3.8) is 0 Å². The fourth-order valence-corrected chi connectivity index (χ4v) is 2.81. The van der Waals surface area contributed by atoms with Crippen LogP contribution in [0.5, 0.6) is 0 Å². The summed E-state index contributed by atoms with van der Waals surface area (Å²) in [6, 6.07) is 2.22. The van der Waals surface area contributed by atoms with Crippen molar-refractivity contribution in [3.8, 4) is 0 Å². The van der Waals surface area contributed by atoms with Gasteiger partial charge in [0.25, 0.3) is 0 Å². The van der Waals surface area contributed by atoms with Gasteiger partial charge in [-0.3, -0.25) is 0 Å². The molecule has 0 aromatic carbocycles. The van der Waals surface area contributed by atoms with E-state index in [4.69, 9.17) is 0 Å². The Morgan fingerprint density at radius 3 is 2.71 bits per heavy atom. The standard InChI is InChI=1S/C13H19N3S/c1-4-7-11-15-12(14-6-3)10-8-9(5-2)17-13(10)16-11/h8H,4-7H2,1-3H3,(H,14,15,16). The van der Waals surface area contributed by atoms with E-state index in [2.05, 4.69) is 42.1 Å². The number of nitrogens with one attached hydrogen (secondary N) is 1. The lowest BCUT2D eigenvalue weighted by Gasteiger charge is -2.05. The zero-order valence-corrected chi connectivity index (χ0v) is 11.5. The molecule has 0 amide bonds. The normalized spacial score (nSPS) is 11.0. The van der Waals surface area contributed by atoms with Crippen LogP contribution in [-0.4, -0.2) is 16.5 Å². The van der Waals surface area contributed by atoms with Crippen molar-refractivity contribution in [2.45, 2.75) is 40.0 Å². The van der Waals surface area contributed by atoms with Crippen LogP contribution in [0.4, 0.5) is 5.82 Å². The van der Waals surface area contributed by atoms with E-state index in [9.17, 15) is 0 Å². The summed E-state index contributed by atoms with van der Waals surface area (Å²) >= 11 is 1.79. The molecule has 0 atom stereocenters. The molecule has 2 aromatic rings. The lowest BCUT2D eigenvalue weighted by atomic mass is 10.3. The van der Waals surface area contributed by atoms with Gasteiger partial charge >= 0.3 is 0 Å². The fourth-order valence-electron chi connectivity index (χ4n) is 1.83. The average molecular weight is 249 g/mol. The Bertz CT molecular complexity index is 505. The summed E-state index contributed by atoms with van der Waals surface area (Å²) in [4.78, 5) is 11.8. The molecule has 3 nitrogen and oxygen atoms in total. The van der Waals surface area contributed by atoms with Gasteiger partial charge in [0.2, 0.25) is 0 Å². The van der Waals surface area contributed by atoms with Crippen LogP contribution in [0.15, 0.2) is 6.07 Å². The largest absolute Gasteiger partial charge is 0.370 e. The molecule has 0 spiro atoms. The lowest BCUT2D eigenvalue weighted by molar-refractivity contribution is 0.846. The minimum atomic E-state index is 0.898. The number of hydrogen-bond donors (Lipinski definition) is 1. The molecule has 4 heteroatoms. The maximum absolute atomic E-state index is 4.64. The second-order valence-corrected chi connectivity index (χ2v) is 5.17. The maximum atomic E-state index is 4.64. The number of fused-ring (bicyclic) bond motifs is 1. The van der Waals surface area contributed by atoms with Crippen molar-refractivity contribution in [2.75, 3.05) is 11.9 Å². The molecule has 2 heterocycles. The number of hydrogen-bond acceptors (Lipinski definition) is 4. The predicted octanol–water partition coefficient (Wildman–Crippen LogP) is 3.64. The van der Waals surface area contributed by atoms with E-state index < -0.39 is 0 Å². The van der Waals surface area contributed by atoms with E-state index in [1.807, 2.05) is 0 Å². The summed E-state index contributed by atoms with van der Waals surface area (Å²) in [6.45, 7) is 7.33. The molecule has 0 aliphatic heterocycles. The second-order valence-electron chi connectivity index (χ2n) is 4.05. The molecule has 2 aromatic heterocycles. The van der Waals surface area contributed by atoms with Crippen molar-refractivity contribution >= 4 is 27.4 Å². The van der Waals surface area contributed by atoms with E-state index in [1.165, 1.54) is 10.3 Å². The first-order valence-electron chi connectivity index (χ1n) is 6.31. The molecule has 0 aliphatic carbocycles. The third-order valence-electron chi connectivity index (χ3n) is 2.66. The van der Waals surface area contributed by atoms with Crippen molar-refractivity contribution in [1.29, 1.82) is 0 Å². The van der Waals surface area contributed by atoms with Gasteiger partial charge in [0.05, 0.1) is 5.39 Å². The van der Waals surface area contributed by atoms with Crippen molar-refractivity contribution in [1.82, 2.24) is 9.97 Å². The van der Waals surface area contributed by atoms with Gasteiger partial charge in [0, 0.05) is 17.8 Å². The highest BCUT2D eigenvalue weighted by atomic mass is 32.1. The van der Waals surface area contributed by atoms with Gasteiger partial charge in [-0.15, -0.1) is 11.3 Å². The number of aromatic nitrogens is 2. The van der Waals surface area contributed by atoms with E-state index in [1.54, 1.807) is 11.3 Å². The van der Waals surface area contributed by atoms with Gasteiger partial charge in [-0.05, 0) is 25.8 Å². The van der Waals surface area contributed by atoms with Crippen molar-refractivity contribution < 1.29 is 0 Å². The third-order valence-corrected chi connectivity index (χ3v) is 3.83. The summed E-state index contributed by atoms with van der Waals surface area (Å²) in [5.41, 5.74) is 0. The molecule has 0 radical (unpaired) electrons. The number of thiophene rings is 1. The molecular formula is C13H19N3S. The average Bonchev–Trinajstić information content (AvgIpc) is 2.73. The Morgan fingerprint density at radius 2 is 2.06 bits per heavy atom. The summed E-state index contributed by atoms with van der Waals surface area (Å²) in [5.74, 6) is 1.96. The Balaban J connectivity index is 2.52. The topological polar surface area (TPSA) is 37.8 Å². The molecule has 2 rings (SSSR count). The Morgan fingerprint density at radius 1 is 1.24 bits per heavy atom. The zero-order chi connectivity index (χ0) is 12.3. The number of rotatable bonds is 5.